The molecule has 0 atom stereocenters. The van der Waals surface area contributed by atoms with Crippen LogP contribution in [0, 0.1) is 13.8 Å². The lowest BCUT2D eigenvalue weighted by molar-refractivity contribution is 0.0952. The normalized spacial score (nSPS) is 10.6. The van der Waals surface area contributed by atoms with Gasteiger partial charge in [-0.15, -0.1) is 0 Å². The molecule has 5 heteroatoms. The van der Waals surface area contributed by atoms with Crippen molar-refractivity contribution in [1.29, 1.82) is 0 Å². The molecular formula is C12H22N4O. The number of nitrogens with one attached hydrogen (secondary N) is 2. The van der Waals surface area contributed by atoms with Crippen molar-refractivity contribution >= 4 is 5.91 Å². The summed E-state index contributed by atoms with van der Waals surface area (Å²) >= 11 is 0. The summed E-state index contributed by atoms with van der Waals surface area (Å²) in [7, 11) is 1.85. The summed E-state index contributed by atoms with van der Waals surface area (Å²) in [6, 6.07) is 0. The van der Waals surface area contributed by atoms with Crippen LogP contribution in [0.3, 0.4) is 0 Å². The number of nitrogens with zero attached hydrogens (tertiary/aromatic N) is 2. The lowest BCUT2D eigenvalue weighted by atomic mass is 10.2. The Labute approximate surface area is 103 Å². The first-order valence-corrected chi connectivity index (χ1v) is 6.07. The first-order valence-electron chi connectivity index (χ1n) is 6.07. The lowest BCUT2D eigenvalue weighted by Gasteiger charge is -2.05. The van der Waals surface area contributed by atoms with E-state index < -0.39 is 0 Å². The van der Waals surface area contributed by atoms with Crippen molar-refractivity contribution in [3.63, 3.8) is 0 Å². The van der Waals surface area contributed by atoms with Crippen molar-refractivity contribution in [1.82, 2.24) is 20.4 Å². The first-order chi connectivity index (χ1) is 8.07. The molecule has 0 unspecified atom stereocenters. The minimum absolute atomic E-state index is 0.0235. The molecule has 2 N–H and O–H groups in total. The van der Waals surface area contributed by atoms with Crippen LogP contribution in [0.2, 0.25) is 0 Å². The summed E-state index contributed by atoms with van der Waals surface area (Å²) in [6.45, 7) is 8.44. The van der Waals surface area contributed by atoms with Gasteiger partial charge in [-0.3, -0.25) is 9.48 Å². The molecule has 0 aliphatic heterocycles. The Morgan fingerprint density at radius 1 is 1.35 bits per heavy atom. The number of hydrogen-bond acceptors (Lipinski definition) is 3. The smallest absolute Gasteiger partial charge is 0.255 e. The third-order valence-corrected chi connectivity index (χ3v) is 2.80. The quantitative estimate of drug-likeness (QED) is 0.720. The van der Waals surface area contributed by atoms with Crippen molar-refractivity contribution < 1.29 is 4.79 Å². The van der Waals surface area contributed by atoms with Gasteiger partial charge in [0, 0.05) is 19.3 Å². The monoisotopic (exact) mass is 238 g/mol. The largest absolute Gasteiger partial charge is 0.352 e. The Hall–Kier alpha value is -1.36. The Bertz CT molecular complexity index is 384. The molecule has 0 saturated carbocycles. The van der Waals surface area contributed by atoms with E-state index in [0.29, 0.717) is 12.1 Å². The molecule has 0 aliphatic rings. The Morgan fingerprint density at radius 3 is 2.59 bits per heavy atom. The standard InChI is InChI=1S/C12H22N4O/c1-5-13-7-6-8-14-12(17)11-9(2)15-16(4)10(11)3/h13H,5-8H2,1-4H3,(H,14,17). The number of aromatic nitrogens is 2. The highest BCUT2D eigenvalue weighted by Gasteiger charge is 2.16. The SMILES string of the molecule is CCNCCCNC(=O)c1c(C)nn(C)c1C. The molecule has 1 heterocycles. The number of aryl methyl sites for hydroxylation is 2. The Kier molecular flexibility index (Phi) is 5.15. The van der Waals surface area contributed by atoms with E-state index >= 15 is 0 Å². The Balaban J connectivity index is 2.47. The predicted octanol–water partition coefficient (Wildman–Crippen LogP) is 0.766. The van der Waals surface area contributed by atoms with Crippen LogP contribution in [-0.4, -0.2) is 35.3 Å². The lowest BCUT2D eigenvalue weighted by Crippen LogP contribution is -2.28. The predicted molar refractivity (Wildman–Crippen MR) is 68.2 cm³/mol. The van der Waals surface area contributed by atoms with Crippen LogP contribution in [0.5, 0.6) is 0 Å². The molecular weight excluding hydrogens is 216 g/mol. The van der Waals surface area contributed by atoms with Crippen LogP contribution in [0.1, 0.15) is 35.1 Å². The molecule has 5 nitrogen and oxygen atoms in total. The molecule has 1 amide bonds. The summed E-state index contributed by atoms with van der Waals surface area (Å²) in [5, 5.41) is 10.4. The van der Waals surface area contributed by atoms with Crippen molar-refractivity contribution in [3.05, 3.63) is 17.0 Å². The number of hydrogen-bond donors (Lipinski definition) is 2. The summed E-state index contributed by atoms with van der Waals surface area (Å²) in [5.41, 5.74) is 2.40. The van der Waals surface area contributed by atoms with Gasteiger partial charge in [0.15, 0.2) is 0 Å². The van der Waals surface area contributed by atoms with Crippen molar-refractivity contribution in [2.75, 3.05) is 19.6 Å². The van der Waals surface area contributed by atoms with Gasteiger partial charge in [0.25, 0.3) is 5.91 Å². The number of carbonyl (C=O) groups excluding carboxylic acids is 1. The molecule has 0 radical (unpaired) electrons. The number of carbonyl (C=O) groups is 1. The number of amides is 1. The topological polar surface area (TPSA) is 58.9 Å². The molecule has 0 spiro atoms. The van der Waals surface area contributed by atoms with E-state index in [-0.39, 0.29) is 5.91 Å². The van der Waals surface area contributed by atoms with E-state index in [0.717, 1.165) is 30.9 Å². The molecule has 17 heavy (non-hydrogen) atoms. The highest BCUT2D eigenvalue weighted by Crippen LogP contribution is 2.11. The second-order valence-electron chi connectivity index (χ2n) is 4.13. The number of rotatable bonds is 6. The Morgan fingerprint density at radius 2 is 2.06 bits per heavy atom. The maximum Gasteiger partial charge on any atom is 0.255 e. The fraction of sp³-hybridized carbons (Fsp3) is 0.667. The van der Waals surface area contributed by atoms with E-state index in [1.54, 1.807) is 4.68 Å². The maximum absolute atomic E-state index is 11.9. The molecule has 0 aliphatic carbocycles. The zero-order valence-electron chi connectivity index (χ0n) is 11.1. The first kappa shape index (κ1) is 13.7. The van der Waals surface area contributed by atoms with Crippen LogP contribution >= 0.6 is 0 Å². The molecule has 0 aromatic carbocycles. The van der Waals surface area contributed by atoms with Crippen LogP contribution in [0.15, 0.2) is 0 Å². The van der Waals surface area contributed by atoms with Gasteiger partial charge in [0.05, 0.1) is 11.3 Å². The van der Waals surface area contributed by atoms with Crippen LogP contribution in [-0.2, 0) is 7.05 Å². The highest BCUT2D eigenvalue weighted by molar-refractivity contribution is 5.96. The zero-order chi connectivity index (χ0) is 12.8. The molecule has 0 saturated heterocycles. The average molecular weight is 238 g/mol. The summed E-state index contributed by atoms with van der Waals surface area (Å²) < 4.78 is 1.74. The van der Waals surface area contributed by atoms with E-state index in [1.807, 2.05) is 20.9 Å². The van der Waals surface area contributed by atoms with Crippen LogP contribution in [0.25, 0.3) is 0 Å². The molecule has 96 valence electrons. The molecule has 1 aromatic heterocycles. The highest BCUT2D eigenvalue weighted by atomic mass is 16.1. The summed E-state index contributed by atoms with van der Waals surface area (Å²) in [6.07, 6.45) is 0.942. The average Bonchev–Trinajstić information content (AvgIpc) is 2.53. The minimum Gasteiger partial charge on any atom is -0.352 e. The van der Waals surface area contributed by atoms with E-state index in [9.17, 15) is 4.79 Å². The van der Waals surface area contributed by atoms with Gasteiger partial charge in [-0.05, 0) is 33.4 Å². The minimum atomic E-state index is -0.0235. The van der Waals surface area contributed by atoms with Crippen molar-refractivity contribution in [2.24, 2.45) is 7.05 Å². The fourth-order valence-electron chi connectivity index (χ4n) is 1.78. The molecule has 1 rings (SSSR count). The molecule has 1 aromatic rings. The van der Waals surface area contributed by atoms with Gasteiger partial charge in [-0.1, -0.05) is 6.92 Å². The van der Waals surface area contributed by atoms with Gasteiger partial charge >= 0.3 is 0 Å². The van der Waals surface area contributed by atoms with E-state index in [2.05, 4.69) is 22.7 Å². The van der Waals surface area contributed by atoms with Gasteiger partial charge < -0.3 is 10.6 Å². The molecule has 0 bridgehead atoms. The third kappa shape index (κ3) is 3.56. The maximum atomic E-state index is 11.9. The van der Waals surface area contributed by atoms with E-state index in [4.69, 9.17) is 0 Å². The van der Waals surface area contributed by atoms with Gasteiger partial charge in [-0.2, -0.15) is 5.10 Å². The van der Waals surface area contributed by atoms with E-state index in [1.165, 1.54) is 0 Å². The van der Waals surface area contributed by atoms with Crippen molar-refractivity contribution in [2.45, 2.75) is 27.2 Å². The zero-order valence-corrected chi connectivity index (χ0v) is 11.1. The van der Waals surface area contributed by atoms with Crippen LogP contribution in [0.4, 0.5) is 0 Å². The fourth-order valence-corrected chi connectivity index (χ4v) is 1.78. The van der Waals surface area contributed by atoms with Gasteiger partial charge in [-0.25, -0.2) is 0 Å². The third-order valence-electron chi connectivity index (χ3n) is 2.80. The van der Waals surface area contributed by atoms with Gasteiger partial charge in [0.2, 0.25) is 0 Å². The molecule has 0 fully saturated rings. The van der Waals surface area contributed by atoms with Crippen molar-refractivity contribution in [3.8, 4) is 0 Å². The summed E-state index contributed by atoms with van der Waals surface area (Å²) in [5.74, 6) is -0.0235. The summed E-state index contributed by atoms with van der Waals surface area (Å²) in [4.78, 5) is 11.9. The second-order valence-corrected chi connectivity index (χ2v) is 4.13. The second kappa shape index (κ2) is 6.39. The van der Waals surface area contributed by atoms with Gasteiger partial charge in [0.1, 0.15) is 0 Å². The van der Waals surface area contributed by atoms with Crippen LogP contribution < -0.4 is 10.6 Å².